The largest absolute Gasteiger partial charge is 0.573 e. The van der Waals surface area contributed by atoms with Crippen molar-refractivity contribution in [1.82, 2.24) is 0 Å². The van der Waals surface area contributed by atoms with E-state index in [0.29, 0.717) is 32.3 Å². The van der Waals surface area contributed by atoms with Crippen molar-refractivity contribution in [2.24, 2.45) is 0 Å². The van der Waals surface area contributed by atoms with Crippen molar-refractivity contribution >= 4 is 5.78 Å². The van der Waals surface area contributed by atoms with Crippen LogP contribution < -0.4 is 4.74 Å². The Labute approximate surface area is 114 Å². The van der Waals surface area contributed by atoms with Crippen LogP contribution in [0.15, 0.2) is 24.3 Å². The van der Waals surface area contributed by atoms with Crippen LogP contribution in [-0.4, -0.2) is 18.2 Å². The third-order valence-corrected chi connectivity index (χ3v) is 3.13. The summed E-state index contributed by atoms with van der Waals surface area (Å²) in [6.45, 7) is 0.325. The monoisotopic (exact) mass is 288 g/mol. The number of carbonyl (C=O) groups excluding carboxylic acids is 1. The molecule has 0 aliphatic heterocycles. The van der Waals surface area contributed by atoms with Crippen molar-refractivity contribution < 1.29 is 27.4 Å². The standard InChI is InChI=1S/C14H15F3O3/c15-14(16,17)20-13-5-1-10(2-6-13)9-19-12-7-3-11(18)4-8-12/h1-2,5-6,12H,3-4,7-9H2. The second-order valence-corrected chi connectivity index (χ2v) is 4.74. The molecule has 1 aliphatic carbocycles. The number of hydrogen-bond donors (Lipinski definition) is 0. The summed E-state index contributed by atoms with van der Waals surface area (Å²) in [6.07, 6.45) is -2.10. The van der Waals surface area contributed by atoms with E-state index in [-0.39, 0.29) is 17.6 Å². The Bertz CT molecular complexity index is 444. The molecular weight excluding hydrogens is 273 g/mol. The summed E-state index contributed by atoms with van der Waals surface area (Å²) in [7, 11) is 0. The third-order valence-electron chi connectivity index (χ3n) is 3.13. The van der Waals surface area contributed by atoms with E-state index in [0.717, 1.165) is 5.56 Å². The molecule has 2 rings (SSSR count). The quantitative estimate of drug-likeness (QED) is 0.849. The van der Waals surface area contributed by atoms with Gasteiger partial charge in [-0.05, 0) is 30.5 Å². The number of ketones is 1. The number of halogens is 3. The lowest BCUT2D eigenvalue weighted by atomic mass is 9.96. The van der Waals surface area contributed by atoms with Gasteiger partial charge in [-0.15, -0.1) is 13.2 Å². The molecule has 20 heavy (non-hydrogen) atoms. The second kappa shape index (κ2) is 6.26. The van der Waals surface area contributed by atoms with Crippen LogP contribution in [0.25, 0.3) is 0 Å². The van der Waals surface area contributed by atoms with E-state index in [1.807, 2.05) is 0 Å². The first-order valence-corrected chi connectivity index (χ1v) is 6.40. The van der Waals surface area contributed by atoms with E-state index in [1.165, 1.54) is 24.3 Å². The minimum Gasteiger partial charge on any atom is -0.406 e. The minimum atomic E-state index is -4.67. The van der Waals surface area contributed by atoms with Crippen LogP contribution in [0.2, 0.25) is 0 Å². The molecule has 0 N–H and O–H groups in total. The molecule has 1 fully saturated rings. The Hall–Kier alpha value is -1.56. The molecule has 110 valence electrons. The van der Waals surface area contributed by atoms with Gasteiger partial charge in [0.1, 0.15) is 11.5 Å². The van der Waals surface area contributed by atoms with Crippen LogP contribution in [0.3, 0.4) is 0 Å². The Kier molecular flexibility index (Phi) is 4.65. The van der Waals surface area contributed by atoms with Gasteiger partial charge < -0.3 is 9.47 Å². The number of Topliss-reactive ketones (excluding diaryl/α,β-unsaturated/α-hetero) is 1. The Morgan fingerprint density at radius 2 is 1.70 bits per heavy atom. The average Bonchev–Trinajstić information content (AvgIpc) is 2.38. The molecule has 0 bridgehead atoms. The second-order valence-electron chi connectivity index (χ2n) is 4.74. The fourth-order valence-corrected chi connectivity index (χ4v) is 2.08. The van der Waals surface area contributed by atoms with Gasteiger partial charge in [0, 0.05) is 12.8 Å². The van der Waals surface area contributed by atoms with Crippen molar-refractivity contribution in [1.29, 1.82) is 0 Å². The van der Waals surface area contributed by atoms with E-state index < -0.39 is 6.36 Å². The molecule has 3 nitrogen and oxygen atoms in total. The first-order valence-electron chi connectivity index (χ1n) is 6.40. The first kappa shape index (κ1) is 14.8. The molecule has 0 amide bonds. The molecule has 0 unspecified atom stereocenters. The lowest BCUT2D eigenvalue weighted by Gasteiger charge is -2.21. The summed E-state index contributed by atoms with van der Waals surface area (Å²) in [5.41, 5.74) is 0.774. The maximum Gasteiger partial charge on any atom is 0.573 e. The van der Waals surface area contributed by atoms with Crippen molar-refractivity contribution in [3.05, 3.63) is 29.8 Å². The number of alkyl halides is 3. The summed E-state index contributed by atoms with van der Waals surface area (Å²) < 4.78 is 45.4. The molecule has 0 spiro atoms. The fraction of sp³-hybridized carbons (Fsp3) is 0.500. The highest BCUT2D eigenvalue weighted by Gasteiger charge is 2.30. The highest BCUT2D eigenvalue weighted by molar-refractivity contribution is 5.79. The molecular formula is C14H15F3O3. The van der Waals surface area contributed by atoms with Crippen LogP contribution in [0.1, 0.15) is 31.2 Å². The van der Waals surface area contributed by atoms with Crippen LogP contribution in [0.5, 0.6) is 5.75 Å². The van der Waals surface area contributed by atoms with E-state index in [9.17, 15) is 18.0 Å². The van der Waals surface area contributed by atoms with Crippen molar-refractivity contribution in [2.45, 2.75) is 44.8 Å². The van der Waals surface area contributed by atoms with Crippen molar-refractivity contribution in [2.75, 3.05) is 0 Å². The zero-order chi connectivity index (χ0) is 14.6. The van der Waals surface area contributed by atoms with Gasteiger partial charge in [0.25, 0.3) is 0 Å². The molecule has 1 aliphatic rings. The minimum absolute atomic E-state index is 0.0544. The van der Waals surface area contributed by atoms with E-state index >= 15 is 0 Å². The average molecular weight is 288 g/mol. The van der Waals surface area contributed by atoms with Gasteiger partial charge in [0.15, 0.2) is 0 Å². The Morgan fingerprint density at radius 3 is 2.25 bits per heavy atom. The van der Waals surface area contributed by atoms with Gasteiger partial charge in [0.2, 0.25) is 0 Å². The summed E-state index contributed by atoms with van der Waals surface area (Å²) in [4.78, 5) is 11.1. The number of ether oxygens (including phenoxy) is 2. The predicted molar refractivity (Wildman–Crippen MR) is 65.2 cm³/mol. The lowest BCUT2D eigenvalue weighted by molar-refractivity contribution is -0.274. The smallest absolute Gasteiger partial charge is 0.406 e. The molecule has 0 atom stereocenters. The van der Waals surface area contributed by atoms with Crippen LogP contribution >= 0.6 is 0 Å². The van der Waals surface area contributed by atoms with Gasteiger partial charge in [-0.1, -0.05) is 12.1 Å². The number of rotatable bonds is 4. The molecule has 1 aromatic carbocycles. The first-order chi connectivity index (χ1) is 9.42. The fourth-order valence-electron chi connectivity index (χ4n) is 2.08. The summed E-state index contributed by atoms with van der Waals surface area (Å²) in [6, 6.07) is 5.59. The zero-order valence-corrected chi connectivity index (χ0v) is 10.8. The van der Waals surface area contributed by atoms with Crippen molar-refractivity contribution in [3.8, 4) is 5.75 Å². The Morgan fingerprint density at radius 1 is 1.10 bits per heavy atom. The Balaban J connectivity index is 1.80. The van der Waals surface area contributed by atoms with Crippen molar-refractivity contribution in [3.63, 3.8) is 0 Å². The highest BCUT2D eigenvalue weighted by Crippen LogP contribution is 2.24. The van der Waals surface area contributed by atoms with Gasteiger partial charge >= 0.3 is 6.36 Å². The van der Waals surface area contributed by atoms with Crippen LogP contribution in [0.4, 0.5) is 13.2 Å². The maximum absolute atomic E-state index is 12.0. The molecule has 1 saturated carbocycles. The third kappa shape index (κ3) is 4.85. The normalized spacial score (nSPS) is 17.2. The zero-order valence-electron chi connectivity index (χ0n) is 10.8. The van der Waals surface area contributed by atoms with Crippen LogP contribution in [-0.2, 0) is 16.1 Å². The maximum atomic E-state index is 12.0. The molecule has 1 aromatic rings. The molecule has 0 radical (unpaired) electrons. The van der Waals surface area contributed by atoms with Gasteiger partial charge in [-0.25, -0.2) is 0 Å². The van der Waals surface area contributed by atoms with E-state index in [1.54, 1.807) is 0 Å². The number of carbonyl (C=O) groups is 1. The van der Waals surface area contributed by atoms with Gasteiger partial charge in [-0.3, -0.25) is 4.79 Å². The van der Waals surface area contributed by atoms with E-state index in [2.05, 4.69) is 4.74 Å². The number of hydrogen-bond acceptors (Lipinski definition) is 3. The SMILES string of the molecule is O=C1CCC(OCc2ccc(OC(F)(F)F)cc2)CC1. The van der Waals surface area contributed by atoms with E-state index in [4.69, 9.17) is 4.74 Å². The molecule has 0 aromatic heterocycles. The molecule has 0 saturated heterocycles. The summed E-state index contributed by atoms with van der Waals surface area (Å²) in [5, 5.41) is 0. The molecule has 6 heteroatoms. The van der Waals surface area contributed by atoms with Gasteiger partial charge in [0.05, 0.1) is 12.7 Å². The van der Waals surface area contributed by atoms with Crippen LogP contribution in [0, 0.1) is 0 Å². The number of benzene rings is 1. The summed E-state index contributed by atoms with van der Waals surface area (Å²) >= 11 is 0. The molecule has 0 heterocycles. The topological polar surface area (TPSA) is 35.5 Å². The summed E-state index contributed by atoms with van der Waals surface area (Å²) in [5.74, 6) is 0.0167. The van der Waals surface area contributed by atoms with Gasteiger partial charge in [-0.2, -0.15) is 0 Å². The lowest BCUT2D eigenvalue weighted by Crippen LogP contribution is -2.21. The predicted octanol–water partition coefficient (Wildman–Crippen LogP) is 3.61. The highest BCUT2D eigenvalue weighted by atomic mass is 19.4.